The van der Waals surface area contributed by atoms with Crippen molar-refractivity contribution in [3.63, 3.8) is 0 Å². The summed E-state index contributed by atoms with van der Waals surface area (Å²) in [6.45, 7) is 1.91. The number of primary amides is 1. The minimum absolute atomic E-state index is 0.0508. The Morgan fingerprint density at radius 1 is 1.23 bits per heavy atom. The molecule has 0 spiro atoms. The number of nitrogens with two attached hydrogens (primary N) is 1. The molecule has 3 rings (SSSR count). The van der Waals surface area contributed by atoms with Crippen molar-refractivity contribution in [2.24, 2.45) is 5.73 Å². The number of carbonyl (C=O) groups is 2. The van der Waals surface area contributed by atoms with Gasteiger partial charge in [-0.15, -0.1) is 11.3 Å². The molecule has 2 heterocycles. The third kappa shape index (κ3) is 3.73. The van der Waals surface area contributed by atoms with Gasteiger partial charge in [0.1, 0.15) is 0 Å². The Morgan fingerprint density at radius 3 is 2.58 bits per heavy atom. The van der Waals surface area contributed by atoms with Crippen LogP contribution in [0.5, 0.6) is 0 Å². The first-order valence-corrected chi connectivity index (χ1v) is 9.61. The molecule has 0 radical (unpaired) electrons. The number of rotatable bonds is 6. The average molecular weight is 433 g/mol. The Labute approximate surface area is 163 Å². The van der Waals surface area contributed by atoms with Gasteiger partial charge in [0.05, 0.1) is 15.9 Å². The van der Waals surface area contributed by atoms with Crippen molar-refractivity contribution in [1.29, 1.82) is 0 Å². The number of aliphatic carboxylic acids is 1. The molecule has 134 valence electrons. The topological polar surface area (TPSA) is 85.3 Å². The van der Waals surface area contributed by atoms with E-state index >= 15 is 0 Å². The smallest absolute Gasteiger partial charge is 0.303 e. The maximum Gasteiger partial charge on any atom is 0.303 e. The number of amides is 1. The fourth-order valence-electron chi connectivity index (χ4n) is 2.92. The average Bonchev–Trinajstić information content (AvgIpc) is 3.18. The van der Waals surface area contributed by atoms with Crippen LogP contribution in [0.1, 0.15) is 28.0 Å². The van der Waals surface area contributed by atoms with Crippen LogP contribution in [0.2, 0.25) is 0 Å². The van der Waals surface area contributed by atoms with E-state index in [1.165, 1.54) is 0 Å². The van der Waals surface area contributed by atoms with Crippen molar-refractivity contribution < 1.29 is 14.7 Å². The van der Waals surface area contributed by atoms with Crippen molar-refractivity contribution in [3.05, 3.63) is 62.4 Å². The molecule has 0 atom stereocenters. The van der Waals surface area contributed by atoms with Gasteiger partial charge in [-0.2, -0.15) is 0 Å². The molecule has 0 saturated carbocycles. The van der Waals surface area contributed by atoms with E-state index in [-0.39, 0.29) is 6.42 Å². The third-order valence-corrected chi connectivity index (χ3v) is 5.65. The molecule has 5 nitrogen and oxygen atoms in total. The van der Waals surface area contributed by atoms with Gasteiger partial charge in [0, 0.05) is 27.9 Å². The summed E-state index contributed by atoms with van der Waals surface area (Å²) in [6.07, 6.45) is 0.465. The number of hydrogen-bond donors (Lipinski definition) is 2. The predicted molar refractivity (Wildman–Crippen MR) is 106 cm³/mol. The fraction of sp³-hybridized carbons (Fsp3) is 0.158. The lowest BCUT2D eigenvalue weighted by Crippen LogP contribution is -2.12. The summed E-state index contributed by atoms with van der Waals surface area (Å²) in [5, 5.41) is 11.1. The van der Waals surface area contributed by atoms with Crippen LogP contribution in [0.4, 0.5) is 0 Å². The minimum Gasteiger partial charge on any atom is -0.481 e. The summed E-state index contributed by atoms with van der Waals surface area (Å²) < 4.78 is 3.07. The lowest BCUT2D eigenvalue weighted by Gasteiger charge is -2.16. The molecule has 2 aromatic heterocycles. The monoisotopic (exact) mass is 432 g/mol. The molecule has 0 aliphatic carbocycles. The van der Waals surface area contributed by atoms with Gasteiger partial charge < -0.3 is 15.4 Å². The van der Waals surface area contributed by atoms with Crippen molar-refractivity contribution in [1.82, 2.24) is 4.57 Å². The molecule has 3 N–H and O–H groups in total. The Bertz CT molecular complexity index is 991. The molecule has 0 unspecified atom stereocenters. The standard InChI is InChI=1S/C19H17BrN2O3S/c1-11-8-12(19(21)25)2-5-15(11)22-14(4-7-18(23)24)3-6-16(22)13-9-17(20)26-10-13/h2-3,5-6,8-10H,4,7H2,1H3,(H2,21,25)(H,23,24). The first kappa shape index (κ1) is 18.4. The number of nitrogens with zero attached hydrogens (tertiary/aromatic N) is 1. The minimum atomic E-state index is -0.835. The summed E-state index contributed by atoms with van der Waals surface area (Å²) in [5.41, 5.74) is 10.5. The summed E-state index contributed by atoms with van der Waals surface area (Å²) in [6, 6.07) is 11.3. The van der Waals surface area contributed by atoms with Crippen LogP contribution < -0.4 is 5.73 Å². The zero-order valence-corrected chi connectivity index (χ0v) is 16.4. The normalized spacial score (nSPS) is 10.8. The molecular weight excluding hydrogens is 416 g/mol. The van der Waals surface area contributed by atoms with Gasteiger partial charge >= 0.3 is 5.97 Å². The first-order valence-electron chi connectivity index (χ1n) is 7.94. The number of halogens is 1. The van der Waals surface area contributed by atoms with E-state index in [0.29, 0.717) is 12.0 Å². The van der Waals surface area contributed by atoms with Crippen LogP contribution in [-0.2, 0) is 11.2 Å². The fourth-order valence-corrected chi connectivity index (χ4v) is 4.07. The van der Waals surface area contributed by atoms with Gasteiger partial charge in [0.15, 0.2) is 0 Å². The number of thiophene rings is 1. The number of carbonyl (C=O) groups excluding carboxylic acids is 1. The molecule has 0 aliphatic rings. The summed E-state index contributed by atoms with van der Waals surface area (Å²) in [4.78, 5) is 22.5. The lowest BCUT2D eigenvalue weighted by molar-refractivity contribution is -0.136. The van der Waals surface area contributed by atoms with E-state index in [4.69, 9.17) is 10.8 Å². The van der Waals surface area contributed by atoms with E-state index in [1.807, 2.05) is 36.6 Å². The zero-order chi connectivity index (χ0) is 18.8. The van der Waals surface area contributed by atoms with Crippen molar-refractivity contribution in [2.75, 3.05) is 0 Å². The summed E-state index contributed by atoms with van der Waals surface area (Å²) in [5.74, 6) is -1.31. The highest BCUT2D eigenvalue weighted by Crippen LogP contribution is 2.33. The van der Waals surface area contributed by atoms with Crippen LogP contribution in [0, 0.1) is 6.92 Å². The predicted octanol–water partition coefficient (Wildman–Crippen LogP) is 4.39. The molecule has 1 amide bonds. The molecule has 0 bridgehead atoms. The van der Waals surface area contributed by atoms with Gasteiger partial charge in [0.25, 0.3) is 0 Å². The highest BCUT2D eigenvalue weighted by molar-refractivity contribution is 9.11. The molecule has 0 saturated heterocycles. The van der Waals surface area contributed by atoms with E-state index in [9.17, 15) is 9.59 Å². The Morgan fingerprint density at radius 2 is 2.00 bits per heavy atom. The van der Waals surface area contributed by atoms with Crippen LogP contribution in [0.25, 0.3) is 16.9 Å². The molecular formula is C19H17BrN2O3S. The number of carboxylic acids is 1. The largest absolute Gasteiger partial charge is 0.481 e. The highest BCUT2D eigenvalue weighted by atomic mass is 79.9. The van der Waals surface area contributed by atoms with Gasteiger partial charge in [-0.3, -0.25) is 9.59 Å². The zero-order valence-electron chi connectivity index (χ0n) is 14.0. The van der Waals surface area contributed by atoms with Crippen molar-refractivity contribution in [2.45, 2.75) is 19.8 Å². The number of carboxylic acid groups (broad SMARTS) is 1. The van der Waals surface area contributed by atoms with Crippen LogP contribution in [0.3, 0.4) is 0 Å². The molecule has 26 heavy (non-hydrogen) atoms. The van der Waals surface area contributed by atoms with Crippen LogP contribution in [-0.4, -0.2) is 21.6 Å². The maximum absolute atomic E-state index is 11.4. The number of benzene rings is 1. The van der Waals surface area contributed by atoms with E-state index in [1.54, 1.807) is 23.5 Å². The maximum atomic E-state index is 11.4. The Hall–Kier alpha value is -2.38. The number of aromatic nitrogens is 1. The van der Waals surface area contributed by atoms with Crippen LogP contribution in [0.15, 0.2) is 45.6 Å². The number of aryl methyl sites for hydroxylation is 2. The van der Waals surface area contributed by atoms with E-state index < -0.39 is 11.9 Å². The Kier molecular flexibility index (Phi) is 5.29. The van der Waals surface area contributed by atoms with Gasteiger partial charge in [-0.05, 0) is 71.2 Å². The molecule has 0 fully saturated rings. The second-order valence-electron chi connectivity index (χ2n) is 5.94. The lowest BCUT2D eigenvalue weighted by atomic mass is 10.1. The van der Waals surface area contributed by atoms with E-state index in [0.717, 1.165) is 32.0 Å². The van der Waals surface area contributed by atoms with Gasteiger partial charge in [-0.25, -0.2) is 0 Å². The van der Waals surface area contributed by atoms with Crippen molar-refractivity contribution in [3.8, 4) is 16.9 Å². The highest BCUT2D eigenvalue weighted by Gasteiger charge is 2.16. The SMILES string of the molecule is Cc1cc(C(N)=O)ccc1-n1c(CCC(=O)O)ccc1-c1csc(Br)c1. The summed E-state index contributed by atoms with van der Waals surface area (Å²) in [7, 11) is 0. The Balaban J connectivity index is 2.15. The molecule has 7 heteroatoms. The number of hydrogen-bond acceptors (Lipinski definition) is 3. The van der Waals surface area contributed by atoms with Gasteiger partial charge in [0.2, 0.25) is 5.91 Å². The van der Waals surface area contributed by atoms with E-state index in [2.05, 4.69) is 20.5 Å². The van der Waals surface area contributed by atoms with Crippen LogP contribution >= 0.6 is 27.3 Å². The van der Waals surface area contributed by atoms with Crippen molar-refractivity contribution >= 4 is 39.1 Å². The summed E-state index contributed by atoms with van der Waals surface area (Å²) >= 11 is 5.08. The van der Waals surface area contributed by atoms with Gasteiger partial charge in [-0.1, -0.05) is 0 Å². The second kappa shape index (κ2) is 7.47. The second-order valence-corrected chi connectivity index (χ2v) is 8.23. The quantitative estimate of drug-likeness (QED) is 0.605. The third-order valence-electron chi connectivity index (χ3n) is 4.14. The molecule has 0 aliphatic heterocycles. The molecule has 1 aromatic carbocycles. The first-order chi connectivity index (χ1) is 12.4. The molecule has 3 aromatic rings.